The first-order chi connectivity index (χ1) is 8.14. The van der Waals surface area contributed by atoms with Crippen LogP contribution in [-0.4, -0.2) is 13.1 Å². The summed E-state index contributed by atoms with van der Waals surface area (Å²) >= 11 is 0. The fourth-order valence-electron chi connectivity index (χ4n) is 2.80. The molecule has 1 aliphatic rings. The first kappa shape index (κ1) is 12.5. The Morgan fingerprint density at radius 1 is 1.35 bits per heavy atom. The minimum Gasteiger partial charge on any atom is -0.316 e. The van der Waals surface area contributed by atoms with E-state index in [1.807, 2.05) is 6.92 Å². The molecule has 0 aromatic heterocycles. The number of halogens is 2. The lowest BCUT2D eigenvalue weighted by Gasteiger charge is -2.19. The standard InChI is InChI=1S/C14H19F2N/c1-3-10-8-14(10,9-17-4-2)12-6-5-11(15)7-13(12)16/h5-7,10,17H,3-4,8-9H2,1-2H3. The molecule has 1 aliphatic carbocycles. The van der Waals surface area contributed by atoms with Gasteiger partial charge in [0.2, 0.25) is 0 Å². The van der Waals surface area contributed by atoms with Gasteiger partial charge in [-0.3, -0.25) is 0 Å². The summed E-state index contributed by atoms with van der Waals surface area (Å²) in [6.45, 7) is 5.82. The van der Waals surface area contributed by atoms with Crippen molar-refractivity contribution in [2.24, 2.45) is 5.92 Å². The van der Waals surface area contributed by atoms with Crippen LogP contribution in [0.1, 0.15) is 32.3 Å². The molecule has 1 aromatic carbocycles. The molecule has 2 atom stereocenters. The summed E-state index contributed by atoms with van der Waals surface area (Å²) in [5.41, 5.74) is 0.564. The molecule has 0 radical (unpaired) electrons. The zero-order valence-electron chi connectivity index (χ0n) is 10.4. The Morgan fingerprint density at radius 3 is 2.65 bits per heavy atom. The van der Waals surface area contributed by atoms with E-state index >= 15 is 0 Å². The molecule has 17 heavy (non-hydrogen) atoms. The predicted molar refractivity (Wildman–Crippen MR) is 65.0 cm³/mol. The molecular formula is C14H19F2N. The summed E-state index contributed by atoms with van der Waals surface area (Å²) in [5.74, 6) is -0.390. The highest BCUT2D eigenvalue weighted by Crippen LogP contribution is 2.56. The minimum absolute atomic E-state index is 0.109. The minimum atomic E-state index is -0.501. The third kappa shape index (κ3) is 2.21. The van der Waals surface area contributed by atoms with Gasteiger partial charge in [0.1, 0.15) is 11.6 Å². The quantitative estimate of drug-likeness (QED) is 0.831. The summed E-state index contributed by atoms with van der Waals surface area (Å²) in [4.78, 5) is 0. The molecule has 94 valence electrons. The Balaban J connectivity index is 2.28. The average Bonchev–Trinajstić information content (AvgIpc) is 3.01. The zero-order valence-corrected chi connectivity index (χ0v) is 10.4. The van der Waals surface area contributed by atoms with E-state index in [0.29, 0.717) is 11.5 Å². The Labute approximate surface area is 101 Å². The van der Waals surface area contributed by atoms with E-state index in [9.17, 15) is 8.78 Å². The van der Waals surface area contributed by atoms with Crippen molar-refractivity contribution in [2.45, 2.75) is 32.1 Å². The van der Waals surface area contributed by atoms with Crippen LogP contribution < -0.4 is 5.32 Å². The van der Waals surface area contributed by atoms with E-state index in [2.05, 4.69) is 12.2 Å². The smallest absolute Gasteiger partial charge is 0.129 e. The molecule has 0 spiro atoms. The van der Waals surface area contributed by atoms with Crippen LogP contribution in [0, 0.1) is 17.6 Å². The van der Waals surface area contributed by atoms with Gasteiger partial charge in [-0.15, -0.1) is 0 Å². The van der Waals surface area contributed by atoms with E-state index in [4.69, 9.17) is 0 Å². The highest BCUT2D eigenvalue weighted by molar-refractivity contribution is 5.36. The lowest BCUT2D eigenvalue weighted by molar-refractivity contribution is 0.494. The zero-order chi connectivity index (χ0) is 12.5. The van der Waals surface area contributed by atoms with Crippen LogP contribution >= 0.6 is 0 Å². The molecule has 1 N–H and O–H groups in total. The van der Waals surface area contributed by atoms with Crippen molar-refractivity contribution in [1.82, 2.24) is 5.32 Å². The molecule has 1 fully saturated rings. The van der Waals surface area contributed by atoms with Crippen molar-refractivity contribution < 1.29 is 8.78 Å². The van der Waals surface area contributed by atoms with Crippen molar-refractivity contribution in [3.05, 3.63) is 35.4 Å². The largest absolute Gasteiger partial charge is 0.316 e. The monoisotopic (exact) mass is 239 g/mol. The van der Waals surface area contributed by atoms with Crippen molar-refractivity contribution in [1.29, 1.82) is 0 Å². The molecule has 0 aliphatic heterocycles. The normalized spacial score (nSPS) is 27.2. The number of benzene rings is 1. The van der Waals surface area contributed by atoms with E-state index in [-0.39, 0.29) is 5.41 Å². The van der Waals surface area contributed by atoms with Gasteiger partial charge in [-0.25, -0.2) is 8.78 Å². The molecule has 1 nitrogen and oxygen atoms in total. The number of rotatable bonds is 5. The van der Waals surface area contributed by atoms with Crippen LogP contribution in [0.3, 0.4) is 0 Å². The maximum Gasteiger partial charge on any atom is 0.129 e. The van der Waals surface area contributed by atoms with Gasteiger partial charge in [0, 0.05) is 18.0 Å². The second-order valence-electron chi connectivity index (χ2n) is 4.87. The number of hydrogen-bond acceptors (Lipinski definition) is 1. The fraction of sp³-hybridized carbons (Fsp3) is 0.571. The second kappa shape index (κ2) is 4.73. The molecule has 1 saturated carbocycles. The van der Waals surface area contributed by atoms with Crippen LogP contribution in [0.4, 0.5) is 8.78 Å². The fourth-order valence-corrected chi connectivity index (χ4v) is 2.80. The molecule has 2 unspecified atom stereocenters. The van der Waals surface area contributed by atoms with Gasteiger partial charge in [-0.05, 0) is 30.5 Å². The van der Waals surface area contributed by atoms with Gasteiger partial charge < -0.3 is 5.32 Å². The molecule has 0 heterocycles. The maximum absolute atomic E-state index is 13.9. The van der Waals surface area contributed by atoms with Crippen LogP contribution in [0.2, 0.25) is 0 Å². The summed E-state index contributed by atoms with van der Waals surface area (Å²) in [6.07, 6.45) is 2.04. The van der Waals surface area contributed by atoms with Crippen molar-refractivity contribution in [3.63, 3.8) is 0 Å². The molecule has 0 bridgehead atoms. The van der Waals surface area contributed by atoms with E-state index in [1.54, 1.807) is 6.07 Å². The first-order valence-electron chi connectivity index (χ1n) is 6.30. The van der Waals surface area contributed by atoms with Gasteiger partial charge in [0.25, 0.3) is 0 Å². The number of likely N-dealkylation sites (N-methyl/N-ethyl adjacent to an activating group) is 1. The van der Waals surface area contributed by atoms with Crippen molar-refractivity contribution in [2.75, 3.05) is 13.1 Å². The highest BCUT2D eigenvalue weighted by Gasteiger charge is 2.54. The highest BCUT2D eigenvalue weighted by atomic mass is 19.1. The Morgan fingerprint density at radius 2 is 2.12 bits per heavy atom. The summed E-state index contributed by atoms with van der Waals surface area (Å²) in [6, 6.07) is 3.96. The molecule has 2 rings (SSSR count). The predicted octanol–water partition coefficient (Wildman–Crippen LogP) is 3.24. The van der Waals surface area contributed by atoms with E-state index in [0.717, 1.165) is 32.0 Å². The third-order valence-electron chi connectivity index (χ3n) is 3.88. The van der Waals surface area contributed by atoms with Crippen LogP contribution in [-0.2, 0) is 5.41 Å². The van der Waals surface area contributed by atoms with Gasteiger partial charge in [-0.1, -0.05) is 26.3 Å². The summed E-state index contributed by atoms with van der Waals surface area (Å²) in [5, 5.41) is 3.30. The third-order valence-corrected chi connectivity index (χ3v) is 3.88. The number of hydrogen-bond donors (Lipinski definition) is 1. The van der Waals surface area contributed by atoms with Gasteiger partial charge >= 0.3 is 0 Å². The van der Waals surface area contributed by atoms with Gasteiger partial charge in [-0.2, -0.15) is 0 Å². The summed E-state index contributed by atoms with van der Waals surface area (Å²) < 4.78 is 26.8. The van der Waals surface area contributed by atoms with Crippen molar-refractivity contribution in [3.8, 4) is 0 Å². The van der Waals surface area contributed by atoms with Crippen LogP contribution in [0.15, 0.2) is 18.2 Å². The van der Waals surface area contributed by atoms with E-state index < -0.39 is 11.6 Å². The lowest BCUT2D eigenvalue weighted by Crippen LogP contribution is -2.29. The molecule has 0 saturated heterocycles. The SMILES string of the molecule is CCNCC1(c2ccc(F)cc2F)CC1CC. The average molecular weight is 239 g/mol. The first-order valence-corrected chi connectivity index (χ1v) is 6.30. The second-order valence-corrected chi connectivity index (χ2v) is 4.87. The van der Waals surface area contributed by atoms with Gasteiger partial charge in [0.05, 0.1) is 0 Å². The Kier molecular flexibility index (Phi) is 3.48. The summed E-state index contributed by atoms with van der Waals surface area (Å²) in [7, 11) is 0. The molecular weight excluding hydrogens is 220 g/mol. The van der Waals surface area contributed by atoms with Crippen LogP contribution in [0.25, 0.3) is 0 Å². The lowest BCUT2D eigenvalue weighted by atomic mass is 9.91. The molecule has 3 heteroatoms. The van der Waals surface area contributed by atoms with Crippen LogP contribution in [0.5, 0.6) is 0 Å². The number of nitrogens with one attached hydrogen (secondary N) is 1. The topological polar surface area (TPSA) is 12.0 Å². The van der Waals surface area contributed by atoms with E-state index in [1.165, 1.54) is 6.07 Å². The maximum atomic E-state index is 13.9. The Hall–Kier alpha value is -0.960. The van der Waals surface area contributed by atoms with Gasteiger partial charge in [0.15, 0.2) is 0 Å². The molecule has 0 amide bonds. The molecule has 1 aromatic rings. The van der Waals surface area contributed by atoms with Crippen molar-refractivity contribution >= 4 is 0 Å². The Bertz CT molecular complexity index is 405.